The Morgan fingerprint density at radius 2 is 1.93 bits per heavy atom. The Labute approximate surface area is 163 Å². The first-order valence-electron chi connectivity index (χ1n) is 8.94. The van der Waals surface area contributed by atoms with Gasteiger partial charge >= 0.3 is 0 Å². The van der Waals surface area contributed by atoms with E-state index in [1.807, 2.05) is 18.2 Å². The van der Waals surface area contributed by atoms with E-state index in [1.54, 1.807) is 26.4 Å². The number of hydrogen-bond acceptors (Lipinski definition) is 7. The first kappa shape index (κ1) is 19.5. The maximum atomic E-state index is 11.2. The number of nitro benzene ring substituents is 1. The van der Waals surface area contributed by atoms with E-state index in [0.29, 0.717) is 12.2 Å². The van der Waals surface area contributed by atoms with Crippen LogP contribution in [0.1, 0.15) is 16.7 Å². The molecular formula is C20H22N4O4. The highest BCUT2D eigenvalue weighted by molar-refractivity contribution is 5.64. The molecular weight excluding hydrogens is 360 g/mol. The number of nitrogens with zero attached hydrogens (tertiary/aromatic N) is 3. The molecule has 0 atom stereocenters. The lowest BCUT2D eigenvalue weighted by molar-refractivity contribution is -0.384. The summed E-state index contributed by atoms with van der Waals surface area (Å²) in [5.74, 6) is 1.46. The molecule has 0 saturated carbocycles. The van der Waals surface area contributed by atoms with Crippen molar-refractivity contribution in [1.29, 1.82) is 5.26 Å². The summed E-state index contributed by atoms with van der Waals surface area (Å²) in [4.78, 5) is 13.0. The Morgan fingerprint density at radius 1 is 1.21 bits per heavy atom. The first-order valence-corrected chi connectivity index (χ1v) is 8.94. The van der Waals surface area contributed by atoms with Crippen molar-refractivity contribution in [2.24, 2.45) is 0 Å². The molecule has 3 rings (SSSR count). The molecule has 0 amide bonds. The van der Waals surface area contributed by atoms with Crippen LogP contribution >= 0.6 is 0 Å². The van der Waals surface area contributed by atoms with Gasteiger partial charge in [0.2, 0.25) is 0 Å². The van der Waals surface area contributed by atoms with Crippen LogP contribution in [0.15, 0.2) is 30.3 Å². The second-order valence-electron chi connectivity index (χ2n) is 6.53. The zero-order valence-electron chi connectivity index (χ0n) is 15.9. The smallest absolute Gasteiger partial charge is 0.293 e. The SMILES string of the molecule is COc1cc2c(cc1OC)CN(CCNc1ccc(C#N)cc1[N+](=O)[O-])CC2. The third-order valence-electron chi connectivity index (χ3n) is 4.86. The Kier molecular flexibility index (Phi) is 5.96. The molecule has 0 bridgehead atoms. The van der Waals surface area contributed by atoms with Crippen LogP contribution in [0.5, 0.6) is 11.5 Å². The molecule has 2 aromatic carbocycles. The van der Waals surface area contributed by atoms with Gasteiger partial charge in [-0.05, 0) is 41.8 Å². The standard InChI is InChI=1S/C20H22N4O4/c1-27-19-10-15-5-7-23(13-16(15)11-20(19)28-2)8-6-22-17-4-3-14(12-21)9-18(17)24(25)26/h3-4,9-11,22H,5-8,13H2,1-2H3. The molecule has 2 aromatic rings. The number of ether oxygens (including phenoxy) is 2. The molecule has 0 fully saturated rings. The zero-order chi connectivity index (χ0) is 20.1. The number of benzene rings is 2. The average molecular weight is 382 g/mol. The van der Waals surface area contributed by atoms with Crippen molar-refractivity contribution in [2.75, 3.05) is 39.2 Å². The lowest BCUT2D eigenvalue weighted by atomic mass is 9.99. The van der Waals surface area contributed by atoms with E-state index in [4.69, 9.17) is 14.7 Å². The molecule has 146 valence electrons. The summed E-state index contributed by atoms with van der Waals surface area (Å²) in [6, 6.07) is 10.4. The summed E-state index contributed by atoms with van der Waals surface area (Å²) in [5, 5.41) is 23.3. The van der Waals surface area contributed by atoms with Gasteiger partial charge < -0.3 is 14.8 Å². The maximum absolute atomic E-state index is 11.2. The van der Waals surface area contributed by atoms with E-state index in [1.165, 1.54) is 17.2 Å². The third kappa shape index (κ3) is 4.15. The zero-order valence-corrected chi connectivity index (χ0v) is 15.9. The van der Waals surface area contributed by atoms with Crippen molar-refractivity contribution >= 4 is 11.4 Å². The molecule has 8 nitrogen and oxygen atoms in total. The van der Waals surface area contributed by atoms with Crippen LogP contribution in [0.4, 0.5) is 11.4 Å². The van der Waals surface area contributed by atoms with E-state index in [9.17, 15) is 10.1 Å². The number of nitrogens with one attached hydrogen (secondary N) is 1. The molecule has 0 saturated heterocycles. The lowest BCUT2D eigenvalue weighted by Gasteiger charge is -2.29. The van der Waals surface area contributed by atoms with Gasteiger partial charge in [-0.1, -0.05) is 0 Å². The average Bonchev–Trinajstić information content (AvgIpc) is 2.72. The summed E-state index contributed by atoms with van der Waals surface area (Å²) < 4.78 is 10.8. The van der Waals surface area contributed by atoms with Crippen LogP contribution in [0, 0.1) is 21.4 Å². The molecule has 1 aliphatic rings. The molecule has 0 aliphatic carbocycles. The minimum absolute atomic E-state index is 0.0835. The predicted octanol–water partition coefficient (Wildman–Crippen LogP) is 2.95. The quantitative estimate of drug-likeness (QED) is 0.580. The minimum Gasteiger partial charge on any atom is -0.493 e. The summed E-state index contributed by atoms with van der Waals surface area (Å²) >= 11 is 0. The summed E-state index contributed by atoms with van der Waals surface area (Å²) in [6.07, 6.45) is 0.909. The van der Waals surface area contributed by atoms with Gasteiger partial charge in [0.25, 0.3) is 5.69 Å². The van der Waals surface area contributed by atoms with Crippen LogP contribution in [-0.4, -0.2) is 43.7 Å². The van der Waals surface area contributed by atoms with Gasteiger partial charge in [0, 0.05) is 32.2 Å². The van der Waals surface area contributed by atoms with E-state index in [-0.39, 0.29) is 11.3 Å². The van der Waals surface area contributed by atoms with Crippen molar-refractivity contribution in [1.82, 2.24) is 4.90 Å². The number of anilines is 1. The monoisotopic (exact) mass is 382 g/mol. The second-order valence-corrected chi connectivity index (χ2v) is 6.53. The van der Waals surface area contributed by atoms with Crippen molar-refractivity contribution in [3.05, 3.63) is 57.1 Å². The highest BCUT2D eigenvalue weighted by atomic mass is 16.6. The van der Waals surface area contributed by atoms with E-state index in [0.717, 1.165) is 37.6 Å². The van der Waals surface area contributed by atoms with Gasteiger partial charge in [0.1, 0.15) is 5.69 Å². The molecule has 1 N–H and O–H groups in total. The Hall–Kier alpha value is -3.31. The second kappa shape index (κ2) is 8.59. The number of fused-ring (bicyclic) bond motifs is 1. The molecule has 0 spiro atoms. The van der Waals surface area contributed by atoms with E-state index < -0.39 is 4.92 Å². The normalized spacial score (nSPS) is 13.3. The van der Waals surface area contributed by atoms with Crippen LogP contribution in [0.25, 0.3) is 0 Å². The minimum atomic E-state index is -0.472. The van der Waals surface area contributed by atoms with Crippen molar-refractivity contribution in [2.45, 2.75) is 13.0 Å². The van der Waals surface area contributed by atoms with Crippen LogP contribution < -0.4 is 14.8 Å². The van der Waals surface area contributed by atoms with Crippen molar-refractivity contribution in [3.63, 3.8) is 0 Å². The highest BCUT2D eigenvalue weighted by Crippen LogP contribution is 2.33. The van der Waals surface area contributed by atoms with Crippen molar-refractivity contribution in [3.8, 4) is 17.6 Å². The summed E-state index contributed by atoms with van der Waals surface area (Å²) in [7, 11) is 3.26. The fourth-order valence-corrected chi connectivity index (χ4v) is 3.38. The van der Waals surface area contributed by atoms with Gasteiger partial charge in [-0.25, -0.2) is 0 Å². The first-order chi connectivity index (χ1) is 13.5. The highest BCUT2D eigenvalue weighted by Gasteiger charge is 2.20. The maximum Gasteiger partial charge on any atom is 0.293 e. The molecule has 0 radical (unpaired) electrons. The Balaban J connectivity index is 1.63. The summed E-state index contributed by atoms with van der Waals surface area (Å²) in [6.45, 7) is 2.99. The number of nitro groups is 1. The van der Waals surface area contributed by atoms with Crippen LogP contribution in [-0.2, 0) is 13.0 Å². The van der Waals surface area contributed by atoms with Gasteiger partial charge in [-0.15, -0.1) is 0 Å². The molecule has 8 heteroatoms. The number of nitriles is 1. The van der Waals surface area contributed by atoms with E-state index in [2.05, 4.69) is 10.2 Å². The fourth-order valence-electron chi connectivity index (χ4n) is 3.38. The van der Waals surface area contributed by atoms with Gasteiger partial charge in [0.15, 0.2) is 11.5 Å². The topological polar surface area (TPSA) is 101 Å². The molecule has 0 unspecified atom stereocenters. The molecule has 0 aromatic heterocycles. The van der Waals surface area contributed by atoms with Crippen LogP contribution in [0.3, 0.4) is 0 Å². The molecule has 1 aliphatic heterocycles. The largest absolute Gasteiger partial charge is 0.493 e. The van der Waals surface area contributed by atoms with Crippen molar-refractivity contribution < 1.29 is 14.4 Å². The van der Waals surface area contributed by atoms with Gasteiger partial charge in [-0.3, -0.25) is 15.0 Å². The molecule has 1 heterocycles. The van der Waals surface area contributed by atoms with E-state index >= 15 is 0 Å². The van der Waals surface area contributed by atoms with Crippen LogP contribution in [0.2, 0.25) is 0 Å². The fraction of sp³-hybridized carbons (Fsp3) is 0.350. The number of rotatable bonds is 7. The van der Waals surface area contributed by atoms with Gasteiger partial charge in [-0.2, -0.15) is 5.26 Å². The Morgan fingerprint density at radius 3 is 2.57 bits per heavy atom. The predicted molar refractivity (Wildman–Crippen MR) is 105 cm³/mol. The third-order valence-corrected chi connectivity index (χ3v) is 4.86. The number of hydrogen-bond donors (Lipinski definition) is 1. The Bertz CT molecular complexity index is 923. The lowest BCUT2D eigenvalue weighted by Crippen LogP contribution is -2.34. The molecule has 28 heavy (non-hydrogen) atoms. The van der Waals surface area contributed by atoms with Gasteiger partial charge in [0.05, 0.1) is 30.8 Å². The summed E-state index contributed by atoms with van der Waals surface area (Å²) in [5.41, 5.74) is 3.07. The number of methoxy groups -OCH3 is 2.